The standard InChI is InChI=1S/C28H30FN3O4S/c1-6-11-32-23-14-22(29)18(12-21(23)17(2)15-28(32,3)4)13-24-26(34)31(27(35)37-24)16-25(33)30-19-7-9-20(36-5)10-8-19/h7-10,12-15H,6,11,16H2,1-5H3,(H,30,33)/b24-13+. The number of carbonyl (C=O) groups is 3. The molecule has 9 heteroatoms. The van der Waals surface area contributed by atoms with Gasteiger partial charge in [0.2, 0.25) is 5.91 Å². The van der Waals surface area contributed by atoms with E-state index in [0.717, 1.165) is 34.7 Å². The molecule has 0 unspecified atom stereocenters. The van der Waals surface area contributed by atoms with Crippen molar-refractivity contribution in [2.24, 2.45) is 0 Å². The van der Waals surface area contributed by atoms with Gasteiger partial charge in [0, 0.05) is 29.0 Å². The lowest BCUT2D eigenvalue weighted by Crippen LogP contribution is -2.45. The lowest BCUT2D eigenvalue weighted by Gasteiger charge is -2.43. The minimum atomic E-state index is -0.627. The Hall–Kier alpha value is -3.59. The molecule has 0 atom stereocenters. The summed E-state index contributed by atoms with van der Waals surface area (Å²) >= 11 is 0.695. The molecule has 194 valence electrons. The van der Waals surface area contributed by atoms with Crippen LogP contribution in [0.4, 0.5) is 20.6 Å². The number of rotatable bonds is 7. The Morgan fingerprint density at radius 1 is 1.19 bits per heavy atom. The van der Waals surface area contributed by atoms with Crippen LogP contribution >= 0.6 is 11.8 Å². The van der Waals surface area contributed by atoms with Crippen molar-refractivity contribution in [2.45, 2.75) is 39.7 Å². The van der Waals surface area contributed by atoms with Crippen LogP contribution in [0, 0.1) is 5.82 Å². The smallest absolute Gasteiger partial charge is 0.294 e. The normalized spacial score (nSPS) is 17.7. The fourth-order valence-electron chi connectivity index (χ4n) is 4.65. The zero-order valence-corrected chi connectivity index (χ0v) is 22.4. The molecule has 2 heterocycles. The summed E-state index contributed by atoms with van der Waals surface area (Å²) in [5.41, 5.74) is 3.19. The van der Waals surface area contributed by atoms with Crippen molar-refractivity contribution in [3.63, 3.8) is 0 Å². The van der Waals surface area contributed by atoms with Gasteiger partial charge in [0.25, 0.3) is 11.1 Å². The molecule has 0 saturated carbocycles. The van der Waals surface area contributed by atoms with Gasteiger partial charge in [-0.3, -0.25) is 19.3 Å². The minimum absolute atomic E-state index is 0.0734. The van der Waals surface area contributed by atoms with Crippen LogP contribution in [0.1, 0.15) is 45.2 Å². The molecule has 3 amide bonds. The average molecular weight is 524 g/mol. The van der Waals surface area contributed by atoms with Gasteiger partial charge in [0.05, 0.1) is 17.6 Å². The molecule has 2 aliphatic heterocycles. The Bertz CT molecular complexity index is 1320. The molecule has 2 aromatic rings. The van der Waals surface area contributed by atoms with Gasteiger partial charge >= 0.3 is 0 Å². The van der Waals surface area contributed by atoms with Gasteiger partial charge in [-0.05, 0) is 87.0 Å². The molecule has 0 radical (unpaired) electrons. The van der Waals surface area contributed by atoms with Crippen LogP contribution in [0.5, 0.6) is 5.75 Å². The first kappa shape index (κ1) is 26.5. The largest absolute Gasteiger partial charge is 0.497 e. The maximum atomic E-state index is 15.3. The van der Waals surface area contributed by atoms with E-state index < -0.39 is 29.4 Å². The van der Waals surface area contributed by atoms with E-state index in [1.54, 1.807) is 30.3 Å². The van der Waals surface area contributed by atoms with E-state index >= 15 is 4.39 Å². The van der Waals surface area contributed by atoms with Crippen molar-refractivity contribution in [1.82, 2.24) is 4.90 Å². The van der Waals surface area contributed by atoms with Gasteiger partial charge in [-0.15, -0.1) is 0 Å². The number of carbonyl (C=O) groups excluding carboxylic acids is 3. The number of methoxy groups -OCH3 is 1. The summed E-state index contributed by atoms with van der Waals surface area (Å²) in [6.07, 6.45) is 4.46. The number of fused-ring (bicyclic) bond motifs is 1. The average Bonchev–Trinajstić information content (AvgIpc) is 3.10. The highest BCUT2D eigenvalue weighted by atomic mass is 32.2. The molecule has 1 N–H and O–H groups in total. The maximum absolute atomic E-state index is 15.3. The minimum Gasteiger partial charge on any atom is -0.497 e. The second kappa shape index (κ2) is 10.4. The fourth-order valence-corrected chi connectivity index (χ4v) is 5.48. The summed E-state index contributed by atoms with van der Waals surface area (Å²) in [6, 6.07) is 9.90. The first-order valence-electron chi connectivity index (χ1n) is 12.0. The Kier molecular flexibility index (Phi) is 7.45. The van der Waals surface area contributed by atoms with Crippen LogP contribution < -0.4 is 15.0 Å². The monoisotopic (exact) mass is 523 g/mol. The molecular formula is C28H30FN3O4S. The molecule has 0 bridgehead atoms. The molecule has 7 nitrogen and oxygen atoms in total. The maximum Gasteiger partial charge on any atom is 0.294 e. The van der Waals surface area contributed by atoms with Gasteiger partial charge < -0.3 is 15.0 Å². The molecule has 2 aromatic carbocycles. The number of nitrogens with zero attached hydrogens (tertiary/aromatic N) is 2. The molecule has 37 heavy (non-hydrogen) atoms. The molecule has 0 aromatic heterocycles. The second-order valence-electron chi connectivity index (χ2n) is 9.57. The van der Waals surface area contributed by atoms with E-state index in [-0.39, 0.29) is 16.0 Å². The van der Waals surface area contributed by atoms with Gasteiger partial charge in [0.1, 0.15) is 18.1 Å². The predicted octanol–water partition coefficient (Wildman–Crippen LogP) is 5.92. The summed E-state index contributed by atoms with van der Waals surface area (Å²) in [5.74, 6) is -0.989. The number of anilines is 2. The highest BCUT2D eigenvalue weighted by molar-refractivity contribution is 8.18. The van der Waals surface area contributed by atoms with Crippen molar-refractivity contribution in [1.29, 1.82) is 0 Å². The van der Waals surface area contributed by atoms with Crippen molar-refractivity contribution >= 4 is 51.8 Å². The molecule has 2 aliphatic rings. The van der Waals surface area contributed by atoms with Crippen molar-refractivity contribution in [2.75, 3.05) is 30.4 Å². The quantitative estimate of drug-likeness (QED) is 0.454. The van der Waals surface area contributed by atoms with Crippen LogP contribution in [0.3, 0.4) is 0 Å². The Morgan fingerprint density at radius 3 is 2.54 bits per heavy atom. The Morgan fingerprint density at radius 2 is 1.89 bits per heavy atom. The summed E-state index contributed by atoms with van der Waals surface area (Å²) in [4.78, 5) is 41.1. The van der Waals surface area contributed by atoms with E-state index in [2.05, 4.69) is 37.1 Å². The third-order valence-corrected chi connectivity index (χ3v) is 7.29. The fraction of sp³-hybridized carbons (Fsp3) is 0.321. The highest BCUT2D eigenvalue weighted by Gasteiger charge is 2.37. The first-order valence-corrected chi connectivity index (χ1v) is 12.9. The van der Waals surface area contributed by atoms with Gasteiger partial charge in [-0.2, -0.15) is 0 Å². The van der Waals surface area contributed by atoms with Gasteiger partial charge in [0.15, 0.2) is 0 Å². The van der Waals surface area contributed by atoms with E-state index in [1.807, 2.05) is 6.92 Å². The summed E-state index contributed by atoms with van der Waals surface area (Å²) in [5, 5.41) is 2.08. The highest BCUT2D eigenvalue weighted by Crippen LogP contribution is 2.41. The molecule has 0 aliphatic carbocycles. The number of nitrogens with one attached hydrogen (secondary N) is 1. The van der Waals surface area contributed by atoms with Crippen molar-refractivity contribution < 1.29 is 23.5 Å². The molecule has 0 spiro atoms. The van der Waals surface area contributed by atoms with Gasteiger partial charge in [-0.1, -0.05) is 13.0 Å². The van der Waals surface area contributed by atoms with Crippen LogP contribution in [0.25, 0.3) is 11.6 Å². The number of benzene rings is 2. The summed E-state index contributed by atoms with van der Waals surface area (Å²) in [6.45, 7) is 8.60. The lowest BCUT2D eigenvalue weighted by atomic mass is 9.87. The number of imide groups is 1. The zero-order valence-electron chi connectivity index (χ0n) is 21.6. The molecular weight excluding hydrogens is 493 g/mol. The van der Waals surface area contributed by atoms with Crippen LogP contribution in [0.15, 0.2) is 47.4 Å². The number of ether oxygens (including phenoxy) is 1. The summed E-state index contributed by atoms with van der Waals surface area (Å²) in [7, 11) is 1.54. The topological polar surface area (TPSA) is 79.0 Å². The van der Waals surface area contributed by atoms with Crippen molar-refractivity contribution in [3.8, 4) is 5.75 Å². The van der Waals surface area contributed by atoms with Crippen LogP contribution in [0.2, 0.25) is 0 Å². The van der Waals surface area contributed by atoms with Crippen LogP contribution in [-0.2, 0) is 9.59 Å². The number of amides is 3. The lowest BCUT2D eigenvalue weighted by molar-refractivity contribution is -0.127. The molecule has 1 saturated heterocycles. The summed E-state index contributed by atoms with van der Waals surface area (Å²) < 4.78 is 20.4. The Balaban J connectivity index is 1.54. The predicted molar refractivity (Wildman–Crippen MR) is 146 cm³/mol. The van der Waals surface area contributed by atoms with Crippen LogP contribution in [-0.4, -0.2) is 47.7 Å². The number of hydrogen-bond acceptors (Lipinski definition) is 6. The Labute approximate surface area is 220 Å². The van der Waals surface area contributed by atoms with Crippen molar-refractivity contribution in [3.05, 3.63) is 64.3 Å². The number of allylic oxidation sites excluding steroid dienone is 1. The molecule has 1 fully saturated rings. The molecule has 4 rings (SSSR count). The third-order valence-electron chi connectivity index (χ3n) is 6.38. The SMILES string of the molecule is CCCN1c2cc(F)c(/C=C3/SC(=O)N(CC(=O)Nc4ccc(OC)cc4)C3=O)cc2C(C)=CC1(C)C. The van der Waals surface area contributed by atoms with E-state index in [0.29, 0.717) is 23.2 Å². The number of hydrogen-bond donors (Lipinski definition) is 1. The zero-order chi connectivity index (χ0) is 26.9. The number of thioether (sulfide) groups is 1. The van der Waals surface area contributed by atoms with E-state index in [1.165, 1.54) is 19.3 Å². The first-order chi connectivity index (χ1) is 17.5. The van der Waals surface area contributed by atoms with Gasteiger partial charge in [-0.25, -0.2) is 4.39 Å². The van der Waals surface area contributed by atoms with E-state index in [4.69, 9.17) is 4.74 Å². The number of halogens is 1. The van der Waals surface area contributed by atoms with E-state index in [9.17, 15) is 14.4 Å². The second-order valence-corrected chi connectivity index (χ2v) is 10.6. The third kappa shape index (κ3) is 5.41.